The van der Waals surface area contributed by atoms with Crippen molar-refractivity contribution in [2.45, 2.75) is 37.8 Å². The molecule has 0 saturated heterocycles. The Hall–Kier alpha value is -1.89. The lowest BCUT2D eigenvalue weighted by Crippen LogP contribution is -2.28. The number of nitrogen functional groups attached to an aromatic ring is 1. The number of hydrogen-bond acceptors (Lipinski definition) is 6. The van der Waals surface area contributed by atoms with Crippen LogP contribution < -0.4 is 11.1 Å². The number of nitrogens with zero attached hydrogens (tertiary/aromatic N) is 4. The summed E-state index contributed by atoms with van der Waals surface area (Å²) in [5.74, 6) is 1.42. The van der Waals surface area contributed by atoms with Crippen molar-refractivity contribution >= 4 is 22.9 Å². The predicted molar refractivity (Wildman–Crippen MR) is 75.2 cm³/mol. The molecule has 7 heteroatoms. The number of anilines is 2. The molecular weight excluding hydrogens is 256 g/mol. The number of imidazole rings is 1. The Labute approximate surface area is 116 Å². The number of aliphatic hydroxyl groups excluding tert-OH is 1. The average molecular weight is 274 g/mol. The van der Waals surface area contributed by atoms with Crippen molar-refractivity contribution in [3.05, 3.63) is 6.33 Å². The van der Waals surface area contributed by atoms with Crippen LogP contribution in [0.15, 0.2) is 6.33 Å². The van der Waals surface area contributed by atoms with Gasteiger partial charge in [-0.1, -0.05) is 0 Å². The Morgan fingerprint density at radius 2 is 2.15 bits per heavy atom. The fourth-order valence-corrected chi connectivity index (χ4v) is 2.80. The zero-order chi connectivity index (χ0) is 13.7. The molecule has 20 heavy (non-hydrogen) atoms. The van der Waals surface area contributed by atoms with E-state index in [0.717, 1.165) is 29.8 Å². The first-order valence-electron chi connectivity index (χ1n) is 7.12. The maximum absolute atomic E-state index is 9.13. The molecule has 2 fully saturated rings. The summed E-state index contributed by atoms with van der Waals surface area (Å²) in [5.41, 5.74) is 7.40. The lowest BCUT2D eigenvalue weighted by atomic mass is 9.81. The molecule has 4 N–H and O–H groups in total. The summed E-state index contributed by atoms with van der Waals surface area (Å²) >= 11 is 0. The summed E-state index contributed by atoms with van der Waals surface area (Å²) in [5, 5.41) is 12.5. The average Bonchev–Trinajstić information content (AvgIpc) is 3.08. The fraction of sp³-hybridized carbons (Fsp3) is 0.615. The molecule has 0 radical (unpaired) electrons. The van der Waals surface area contributed by atoms with E-state index in [2.05, 4.69) is 24.8 Å². The molecule has 2 aromatic heterocycles. The van der Waals surface area contributed by atoms with Crippen molar-refractivity contribution in [1.29, 1.82) is 0 Å². The lowest BCUT2D eigenvalue weighted by Gasteiger charge is -2.34. The third-order valence-corrected chi connectivity index (χ3v) is 4.22. The van der Waals surface area contributed by atoms with Gasteiger partial charge in [-0.25, -0.2) is 4.98 Å². The number of hydrogen-bond donors (Lipinski definition) is 3. The minimum absolute atomic E-state index is 0.259. The Kier molecular flexibility index (Phi) is 2.56. The molecule has 106 valence electrons. The van der Waals surface area contributed by atoms with E-state index in [-0.39, 0.29) is 12.6 Å². The summed E-state index contributed by atoms with van der Waals surface area (Å²) in [6.07, 6.45) is 6.10. The van der Waals surface area contributed by atoms with Crippen LogP contribution in [0.5, 0.6) is 0 Å². The molecule has 0 aliphatic heterocycles. The number of nitrogens with two attached hydrogens (primary N) is 1. The van der Waals surface area contributed by atoms with Crippen LogP contribution >= 0.6 is 0 Å². The second-order valence-corrected chi connectivity index (χ2v) is 5.85. The van der Waals surface area contributed by atoms with Gasteiger partial charge in [-0.3, -0.25) is 0 Å². The molecule has 2 aliphatic carbocycles. The van der Waals surface area contributed by atoms with E-state index < -0.39 is 0 Å². The van der Waals surface area contributed by atoms with Crippen LogP contribution in [0.2, 0.25) is 0 Å². The highest BCUT2D eigenvalue weighted by molar-refractivity contribution is 5.84. The maximum atomic E-state index is 9.13. The number of aromatic nitrogens is 4. The van der Waals surface area contributed by atoms with Gasteiger partial charge in [0.2, 0.25) is 5.95 Å². The molecule has 2 aliphatic rings. The number of fused-ring (bicyclic) bond motifs is 1. The SMILES string of the molecule is Nc1nc(NC2CC2)c2ncn([C@H]3C[C@@H](CO)C3)c2n1. The number of rotatable bonds is 4. The zero-order valence-corrected chi connectivity index (χ0v) is 11.2. The first-order valence-corrected chi connectivity index (χ1v) is 7.12. The van der Waals surface area contributed by atoms with Gasteiger partial charge in [0.15, 0.2) is 17.0 Å². The van der Waals surface area contributed by atoms with Crippen LogP contribution in [0.4, 0.5) is 11.8 Å². The predicted octanol–water partition coefficient (Wildman–Crippen LogP) is 0.926. The molecule has 0 aromatic carbocycles. The number of aliphatic hydroxyl groups is 1. The molecular formula is C13H18N6O. The highest BCUT2D eigenvalue weighted by atomic mass is 16.3. The van der Waals surface area contributed by atoms with Crippen molar-refractivity contribution in [2.24, 2.45) is 5.92 Å². The summed E-state index contributed by atoms with van der Waals surface area (Å²) in [7, 11) is 0. The molecule has 2 saturated carbocycles. The van der Waals surface area contributed by atoms with Crippen molar-refractivity contribution in [2.75, 3.05) is 17.7 Å². The molecule has 0 bridgehead atoms. The minimum Gasteiger partial charge on any atom is -0.396 e. The van der Waals surface area contributed by atoms with Crippen LogP contribution in [0.3, 0.4) is 0 Å². The third kappa shape index (κ3) is 1.89. The van der Waals surface area contributed by atoms with E-state index in [1.165, 1.54) is 12.8 Å². The molecule has 4 rings (SSSR count). The van der Waals surface area contributed by atoms with E-state index in [1.54, 1.807) is 0 Å². The van der Waals surface area contributed by atoms with Gasteiger partial charge in [0.1, 0.15) is 0 Å². The molecule has 2 heterocycles. The van der Waals surface area contributed by atoms with Crippen molar-refractivity contribution in [3.63, 3.8) is 0 Å². The quantitative estimate of drug-likeness (QED) is 0.766. The fourth-order valence-electron chi connectivity index (χ4n) is 2.80. The van der Waals surface area contributed by atoms with Gasteiger partial charge in [0.05, 0.1) is 6.33 Å². The van der Waals surface area contributed by atoms with E-state index in [0.29, 0.717) is 18.0 Å². The standard InChI is InChI=1S/C13H18N6O/c14-13-17-11(16-8-1-2-8)10-12(18-13)19(6-15-10)9-3-7(4-9)5-20/h6-9,20H,1-5H2,(H3,14,16,17,18)/t7-,9+. The third-order valence-electron chi connectivity index (χ3n) is 4.22. The molecule has 0 spiro atoms. The Bertz CT molecular complexity index is 644. The van der Waals surface area contributed by atoms with Crippen molar-refractivity contribution in [1.82, 2.24) is 19.5 Å². The van der Waals surface area contributed by atoms with Crippen molar-refractivity contribution < 1.29 is 5.11 Å². The van der Waals surface area contributed by atoms with Gasteiger partial charge in [0, 0.05) is 18.7 Å². The minimum atomic E-state index is 0.259. The first kappa shape index (κ1) is 11.9. The monoisotopic (exact) mass is 274 g/mol. The number of nitrogens with one attached hydrogen (secondary N) is 1. The van der Waals surface area contributed by atoms with E-state index >= 15 is 0 Å². The topological polar surface area (TPSA) is 102 Å². The van der Waals surface area contributed by atoms with Crippen LogP contribution in [0.1, 0.15) is 31.7 Å². The van der Waals surface area contributed by atoms with Crippen LogP contribution in [-0.2, 0) is 0 Å². The highest BCUT2D eigenvalue weighted by Crippen LogP contribution is 2.39. The zero-order valence-electron chi connectivity index (χ0n) is 11.2. The van der Waals surface area contributed by atoms with E-state index in [9.17, 15) is 0 Å². The molecule has 0 atom stereocenters. The normalized spacial score (nSPS) is 25.6. The highest BCUT2D eigenvalue weighted by Gasteiger charge is 2.32. The molecule has 7 nitrogen and oxygen atoms in total. The first-order chi connectivity index (χ1) is 9.74. The maximum Gasteiger partial charge on any atom is 0.224 e. The van der Waals surface area contributed by atoms with Gasteiger partial charge < -0.3 is 20.7 Å². The van der Waals surface area contributed by atoms with Gasteiger partial charge in [-0.05, 0) is 31.6 Å². The van der Waals surface area contributed by atoms with E-state index in [1.807, 2.05) is 6.33 Å². The van der Waals surface area contributed by atoms with Crippen LogP contribution in [-0.4, -0.2) is 37.3 Å². The van der Waals surface area contributed by atoms with Crippen molar-refractivity contribution in [3.8, 4) is 0 Å². The Morgan fingerprint density at radius 3 is 2.85 bits per heavy atom. The summed E-state index contributed by atoms with van der Waals surface area (Å²) in [6.45, 7) is 0.259. The smallest absolute Gasteiger partial charge is 0.224 e. The Balaban J connectivity index is 1.70. The van der Waals surface area contributed by atoms with Crippen LogP contribution in [0, 0.1) is 5.92 Å². The van der Waals surface area contributed by atoms with Gasteiger partial charge in [-0.2, -0.15) is 9.97 Å². The summed E-state index contributed by atoms with van der Waals surface area (Å²) in [6, 6.07) is 0.861. The van der Waals surface area contributed by atoms with E-state index in [4.69, 9.17) is 10.8 Å². The Morgan fingerprint density at radius 1 is 1.35 bits per heavy atom. The molecule has 2 aromatic rings. The molecule has 0 amide bonds. The molecule has 0 unspecified atom stereocenters. The second kappa shape index (κ2) is 4.31. The van der Waals surface area contributed by atoms with Gasteiger partial charge >= 0.3 is 0 Å². The van der Waals surface area contributed by atoms with Crippen LogP contribution in [0.25, 0.3) is 11.2 Å². The van der Waals surface area contributed by atoms with Gasteiger partial charge in [0.25, 0.3) is 0 Å². The lowest BCUT2D eigenvalue weighted by molar-refractivity contribution is 0.114. The summed E-state index contributed by atoms with van der Waals surface area (Å²) < 4.78 is 2.07. The van der Waals surface area contributed by atoms with Gasteiger partial charge in [-0.15, -0.1) is 0 Å². The second-order valence-electron chi connectivity index (χ2n) is 5.85. The largest absolute Gasteiger partial charge is 0.396 e. The summed E-state index contributed by atoms with van der Waals surface area (Å²) in [4.78, 5) is 13.1.